The molecule has 1 rings (SSSR count). The summed E-state index contributed by atoms with van der Waals surface area (Å²) in [4.78, 5) is 1.00. The first-order chi connectivity index (χ1) is 3.79. The van der Waals surface area contributed by atoms with Gasteiger partial charge in [0.2, 0.25) is 0 Å². The topological polar surface area (TPSA) is 0 Å². The van der Waals surface area contributed by atoms with E-state index in [0.717, 1.165) is 10.5 Å². The maximum absolute atomic E-state index is 4.13. The first kappa shape index (κ1) is 5.70. The molecule has 0 unspecified atom stereocenters. The molecule has 1 aromatic carbocycles. The Hall–Kier alpha value is -0.430. The van der Waals surface area contributed by atoms with E-state index in [2.05, 4.69) is 18.7 Å². The minimum absolute atomic E-state index is 1.00. The fourth-order valence-corrected chi connectivity index (χ4v) is 0.838. The molecule has 0 fully saturated rings. The molecule has 0 heterocycles. The lowest BCUT2D eigenvalue weighted by Crippen LogP contribution is -1.68. The summed E-state index contributed by atoms with van der Waals surface area (Å²) in [5.74, 6) is 0. The van der Waals surface area contributed by atoms with Crippen molar-refractivity contribution in [2.75, 3.05) is 0 Å². The molecule has 0 atom stereocenters. The molecule has 0 saturated heterocycles. The van der Waals surface area contributed by atoms with Crippen molar-refractivity contribution in [1.29, 1.82) is 0 Å². The van der Waals surface area contributed by atoms with Crippen molar-refractivity contribution in [3.8, 4) is 0 Å². The van der Waals surface area contributed by atoms with Gasteiger partial charge >= 0.3 is 0 Å². The summed E-state index contributed by atoms with van der Waals surface area (Å²) in [6, 6.07) is 8.78. The molecule has 0 aromatic heterocycles. The Labute approximate surface area is 55.0 Å². The number of hydrogen-bond donors (Lipinski definition) is 1. The van der Waals surface area contributed by atoms with Gasteiger partial charge in [-0.15, -0.1) is 12.6 Å². The predicted molar refractivity (Wildman–Crippen MR) is 37.3 cm³/mol. The SMILES string of the molecule is Cc1[c]ccc(S)c1. The Morgan fingerprint density at radius 1 is 1.62 bits per heavy atom. The highest BCUT2D eigenvalue weighted by molar-refractivity contribution is 7.80. The zero-order valence-electron chi connectivity index (χ0n) is 4.68. The van der Waals surface area contributed by atoms with Gasteiger partial charge in [-0.2, -0.15) is 0 Å². The molecule has 0 nitrogen and oxygen atoms in total. The van der Waals surface area contributed by atoms with E-state index in [0.29, 0.717) is 0 Å². The van der Waals surface area contributed by atoms with Crippen LogP contribution in [-0.4, -0.2) is 0 Å². The highest BCUT2D eigenvalue weighted by Gasteiger charge is 1.82. The van der Waals surface area contributed by atoms with Crippen LogP contribution in [0, 0.1) is 13.0 Å². The second-order valence-electron chi connectivity index (χ2n) is 1.73. The van der Waals surface area contributed by atoms with Crippen LogP contribution >= 0.6 is 12.6 Å². The van der Waals surface area contributed by atoms with Crippen LogP contribution in [0.4, 0.5) is 0 Å². The normalized spacial score (nSPS) is 9.25. The van der Waals surface area contributed by atoms with Crippen molar-refractivity contribution in [2.24, 2.45) is 0 Å². The third-order valence-corrected chi connectivity index (χ3v) is 1.21. The van der Waals surface area contributed by atoms with E-state index in [4.69, 9.17) is 0 Å². The molecule has 8 heavy (non-hydrogen) atoms. The molecule has 0 N–H and O–H groups in total. The first-order valence-electron chi connectivity index (χ1n) is 2.46. The monoisotopic (exact) mass is 123 g/mol. The van der Waals surface area contributed by atoms with E-state index >= 15 is 0 Å². The highest BCUT2D eigenvalue weighted by atomic mass is 32.1. The smallest absolute Gasteiger partial charge is 0.00430 e. The minimum Gasteiger partial charge on any atom is -0.143 e. The lowest BCUT2D eigenvalue weighted by atomic mass is 10.2. The largest absolute Gasteiger partial charge is 0.143 e. The van der Waals surface area contributed by atoms with Crippen LogP contribution in [0.2, 0.25) is 0 Å². The summed E-state index contributed by atoms with van der Waals surface area (Å²) in [7, 11) is 0. The van der Waals surface area contributed by atoms with Gasteiger partial charge in [0.15, 0.2) is 0 Å². The molecule has 1 radical (unpaired) electrons. The van der Waals surface area contributed by atoms with Crippen LogP contribution in [0.3, 0.4) is 0 Å². The Morgan fingerprint density at radius 2 is 2.38 bits per heavy atom. The van der Waals surface area contributed by atoms with Gasteiger partial charge in [0.05, 0.1) is 0 Å². The summed E-state index contributed by atoms with van der Waals surface area (Å²) >= 11 is 4.13. The van der Waals surface area contributed by atoms with E-state index < -0.39 is 0 Å². The maximum atomic E-state index is 4.13. The van der Waals surface area contributed by atoms with Crippen LogP contribution in [0.25, 0.3) is 0 Å². The second-order valence-corrected chi connectivity index (χ2v) is 2.25. The summed E-state index contributed by atoms with van der Waals surface area (Å²) in [5.41, 5.74) is 1.14. The van der Waals surface area contributed by atoms with Crippen LogP contribution in [-0.2, 0) is 0 Å². The Bertz CT molecular complexity index is 164. The fourth-order valence-electron chi connectivity index (χ4n) is 0.570. The number of thiol groups is 1. The predicted octanol–water partition coefficient (Wildman–Crippen LogP) is 2.08. The van der Waals surface area contributed by atoms with Crippen LogP contribution in [0.5, 0.6) is 0 Å². The standard InChI is InChI=1S/C7H7S/c1-6-3-2-4-7(8)5-6/h2,4-5,8H,1H3. The van der Waals surface area contributed by atoms with Gasteiger partial charge in [-0.05, 0) is 30.7 Å². The van der Waals surface area contributed by atoms with Crippen molar-refractivity contribution >= 4 is 12.6 Å². The molecule has 0 amide bonds. The zero-order valence-corrected chi connectivity index (χ0v) is 5.57. The lowest BCUT2D eigenvalue weighted by Gasteiger charge is -1.89. The van der Waals surface area contributed by atoms with Crippen molar-refractivity contribution in [3.05, 3.63) is 29.8 Å². The minimum atomic E-state index is 1.00. The van der Waals surface area contributed by atoms with Crippen molar-refractivity contribution in [2.45, 2.75) is 11.8 Å². The van der Waals surface area contributed by atoms with E-state index in [1.165, 1.54) is 0 Å². The Kier molecular flexibility index (Phi) is 1.59. The highest BCUT2D eigenvalue weighted by Crippen LogP contribution is 2.05. The molecule has 0 aliphatic rings. The maximum Gasteiger partial charge on any atom is 0.00430 e. The van der Waals surface area contributed by atoms with E-state index in [-0.39, 0.29) is 0 Å². The van der Waals surface area contributed by atoms with Crippen molar-refractivity contribution in [3.63, 3.8) is 0 Å². The Balaban J connectivity index is 3.08. The van der Waals surface area contributed by atoms with Gasteiger partial charge < -0.3 is 0 Å². The van der Waals surface area contributed by atoms with Crippen LogP contribution in [0.15, 0.2) is 23.1 Å². The van der Waals surface area contributed by atoms with Gasteiger partial charge in [-0.25, -0.2) is 0 Å². The average molecular weight is 123 g/mol. The Morgan fingerprint density at radius 3 is 2.75 bits per heavy atom. The fraction of sp³-hybridized carbons (Fsp3) is 0.143. The summed E-state index contributed by atoms with van der Waals surface area (Å²) in [5, 5.41) is 0. The molecule has 0 aliphatic carbocycles. The molecule has 1 heteroatoms. The van der Waals surface area contributed by atoms with Gasteiger partial charge in [-0.3, -0.25) is 0 Å². The van der Waals surface area contributed by atoms with E-state index in [1.807, 2.05) is 25.1 Å². The van der Waals surface area contributed by atoms with E-state index in [9.17, 15) is 0 Å². The van der Waals surface area contributed by atoms with Gasteiger partial charge in [0.1, 0.15) is 0 Å². The molecule has 41 valence electrons. The molecule has 1 aromatic rings. The third-order valence-electron chi connectivity index (χ3n) is 0.929. The van der Waals surface area contributed by atoms with E-state index in [1.54, 1.807) is 0 Å². The molecule has 0 saturated carbocycles. The quantitative estimate of drug-likeness (QED) is 0.502. The lowest BCUT2D eigenvalue weighted by molar-refractivity contribution is 1.36. The zero-order chi connectivity index (χ0) is 5.98. The molecular formula is C7H7S. The molecular weight excluding hydrogens is 116 g/mol. The van der Waals surface area contributed by atoms with Gasteiger partial charge in [-0.1, -0.05) is 6.07 Å². The molecule has 0 bridgehead atoms. The average Bonchev–Trinajstić information content (AvgIpc) is 1.64. The first-order valence-corrected chi connectivity index (χ1v) is 2.91. The molecule has 0 spiro atoms. The van der Waals surface area contributed by atoms with Crippen molar-refractivity contribution < 1.29 is 0 Å². The molecule has 0 aliphatic heterocycles. The summed E-state index contributed by atoms with van der Waals surface area (Å²) in [6.45, 7) is 2.00. The number of aryl methyl sites for hydroxylation is 1. The van der Waals surface area contributed by atoms with Crippen LogP contribution < -0.4 is 0 Å². The number of rotatable bonds is 0. The second kappa shape index (κ2) is 2.23. The summed E-state index contributed by atoms with van der Waals surface area (Å²) < 4.78 is 0. The number of hydrogen-bond acceptors (Lipinski definition) is 1. The van der Waals surface area contributed by atoms with Gasteiger partial charge in [0.25, 0.3) is 0 Å². The van der Waals surface area contributed by atoms with Gasteiger partial charge in [0, 0.05) is 4.90 Å². The third kappa shape index (κ3) is 1.27. The van der Waals surface area contributed by atoms with Crippen molar-refractivity contribution in [1.82, 2.24) is 0 Å². The van der Waals surface area contributed by atoms with Crippen LogP contribution in [0.1, 0.15) is 5.56 Å². The number of benzene rings is 1. The summed E-state index contributed by atoms with van der Waals surface area (Å²) in [6.07, 6.45) is 0.